The van der Waals surface area contributed by atoms with Gasteiger partial charge in [-0.25, -0.2) is 0 Å². The second-order valence-electron chi connectivity index (χ2n) is 6.25. The summed E-state index contributed by atoms with van der Waals surface area (Å²) in [4.78, 5) is 0. The van der Waals surface area contributed by atoms with Crippen LogP contribution >= 0.6 is 11.6 Å². The lowest BCUT2D eigenvalue weighted by Crippen LogP contribution is -2.20. The highest BCUT2D eigenvalue weighted by Gasteiger charge is 2.21. The van der Waals surface area contributed by atoms with Crippen LogP contribution in [0.2, 0.25) is 5.02 Å². The molecule has 1 heteroatoms. The van der Waals surface area contributed by atoms with E-state index in [2.05, 4.69) is 68.4 Å². The Kier molecular flexibility index (Phi) is 3.73. The van der Waals surface area contributed by atoms with Crippen LogP contribution in [0, 0.1) is 0 Å². The van der Waals surface area contributed by atoms with Crippen molar-refractivity contribution in [2.75, 3.05) is 0 Å². The van der Waals surface area contributed by atoms with Crippen LogP contribution in [-0.2, 0) is 11.8 Å². The van der Waals surface area contributed by atoms with Crippen LogP contribution in [0.4, 0.5) is 0 Å². The Morgan fingerprint density at radius 3 is 2.33 bits per heavy atom. The first-order valence-corrected chi connectivity index (χ1v) is 7.66. The van der Waals surface area contributed by atoms with Crippen molar-refractivity contribution in [2.45, 2.75) is 25.7 Å². The molecule has 0 radical (unpaired) electrons. The number of hydrogen-bond acceptors (Lipinski definition) is 0. The molecular weight excluding hydrogens is 276 g/mol. The Hall–Kier alpha value is -1.79. The van der Waals surface area contributed by atoms with Crippen molar-refractivity contribution in [1.29, 1.82) is 0 Å². The summed E-state index contributed by atoms with van der Waals surface area (Å²) in [7, 11) is 0. The molecule has 0 aliphatic heterocycles. The summed E-state index contributed by atoms with van der Waals surface area (Å²) in [6.45, 7) is 4.54. The van der Waals surface area contributed by atoms with E-state index in [-0.39, 0.29) is 5.41 Å². The first kappa shape index (κ1) is 14.2. The number of benzene rings is 3. The van der Waals surface area contributed by atoms with Gasteiger partial charge in [-0.2, -0.15) is 0 Å². The van der Waals surface area contributed by atoms with E-state index in [1.807, 2.05) is 12.1 Å². The average Bonchev–Trinajstić information content (AvgIpc) is 2.47. The van der Waals surface area contributed by atoms with Crippen molar-refractivity contribution >= 4 is 22.4 Å². The van der Waals surface area contributed by atoms with Gasteiger partial charge in [-0.05, 0) is 45.9 Å². The Morgan fingerprint density at radius 2 is 1.57 bits per heavy atom. The largest absolute Gasteiger partial charge is 0.0843 e. The molecule has 0 unspecified atom stereocenters. The Morgan fingerprint density at radius 1 is 0.810 bits per heavy atom. The highest BCUT2D eigenvalue weighted by Crippen LogP contribution is 2.30. The molecule has 0 spiro atoms. The second-order valence-corrected chi connectivity index (χ2v) is 6.69. The SMILES string of the molecule is CC(C)(Cc1ccc2ccccc2c1)c1cccc(Cl)c1. The molecule has 3 aromatic rings. The molecule has 0 aromatic heterocycles. The highest BCUT2D eigenvalue weighted by atomic mass is 35.5. The summed E-state index contributed by atoms with van der Waals surface area (Å²) in [5.41, 5.74) is 2.70. The van der Waals surface area contributed by atoms with Gasteiger partial charge in [0, 0.05) is 5.02 Å². The minimum Gasteiger partial charge on any atom is -0.0843 e. The van der Waals surface area contributed by atoms with Crippen LogP contribution in [0.5, 0.6) is 0 Å². The van der Waals surface area contributed by atoms with E-state index in [4.69, 9.17) is 11.6 Å². The molecule has 0 fully saturated rings. The van der Waals surface area contributed by atoms with E-state index in [0.717, 1.165) is 11.4 Å². The van der Waals surface area contributed by atoms with Crippen molar-refractivity contribution in [3.63, 3.8) is 0 Å². The minimum atomic E-state index is 0.0629. The van der Waals surface area contributed by atoms with Crippen LogP contribution in [0.3, 0.4) is 0 Å². The molecule has 0 N–H and O–H groups in total. The van der Waals surface area contributed by atoms with Crippen LogP contribution < -0.4 is 0 Å². The molecule has 0 bridgehead atoms. The zero-order valence-corrected chi connectivity index (χ0v) is 13.2. The molecule has 3 rings (SSSR count). The van der Waals surface area contributed by atoms with Crippen LogP contribution in [-0.4, -0.2) is 0 Å². The van der Waals surface area contributed by atoms with Crippen molar-refractivity contribution in [2.24, 2.45) is 0 Å². The maximum absolute atomic E-state index is 6.13. The monoisotopic (exact) mass is 294 g/mol. The van der Waals surface area contributed by atoms with E-state index >= 15 is 0 Å². The Bertz CT molecular complexity index is 771. The van der Waals surface area contributed by atoms with Gasteiger partial charge in [0.25, 0.3) is 0 Å². The summed E-state index contributed by atoms with van der Waals surface area (Å²) in [6.07, 6.45) is 0.998. The topological polar surface area (TPSA) is 0 Å². The van der Waals surface area contributed by atoms with Gasteiger partial charge in [0.2, 0.25) is 0 Å². The van der Waals surface area contributed by atoms with E-state index in [0.29, 0.717) is 0 Å². The number of rotatable bonds is 3. The molecule has 106 valence electrons. The molecule has 0 aliphatic carbocycles. The van der Waals surface area contributed by atoms with E-state index in [1.165, 1.54) is 21.9 Å². The van der Waals surface area contributed by atoms with Crippen LogP contribution in [0.25, 0.3) is 10.8 Å². The second kappa shape index (κ2) is 5.54. The fourth-order valence-corrected chi connectivity index (χ4v) is 3.06. The maximum Gasteiger partial charge on any atom is 0.0408 e. The zero-order chi connectivity index (χ0) is 14.9. The summed E-state index contributed by atoms with van der Waals surface area (Å²) >= 11 is 6.13. The van der Waals surface area contributed by atoms with Crippen molar-refractivity contribution < 1.29 is 0 Å². The first-order chi connectivity index (χ1) is 10.0. The Balaban J connectivity index is 1.93. The number of halogens is 1. The first-order valence-electron chi connectivity index (χ1n) is 7.28. The lowest BCUT2D eigenvalue weighted by atomic mass is 9.79. The minimum absolute atomic E-state index is 0.0629. The summed E-state index contributed by atoms with van der Waals surface area (Å²) in [6, 6.07) is 23.4. The predicted molar refractivity (Wildman–Crippen MR) is 92.1 cm³/mol. The van der Waals surface area contributed by atoms with Crippen LogP contribution in [0.1, 0.15) is 25.0 Å². The third-order valence-electron chi connectivity index (χ3n) is 4.07. The lowest BCUT2D eigenvalue weighted by Gasteiger charge is -2.26. The molecule has 0 amide bonds. The summed E-state index contributed by atoms with van der Waals surface area (Å²) in [5.74, 6) is 0. The highest BCUT2D eigenvalue weighted by molar-refractivity contribution is 6.30. The molecule has 0 aliphatic rings. The van der Waals surface area contributed by atoms with Crippen molar-refractivity contribution in [3.05, 3.63) is 82.9 Å². The average molecular weight is 295 g/mol. The van der Waals surface area contributed by atoms with Gasteiger partial charge in [-0.1, -0.05) is 80.0 Å². The standard InChI is InChI=1S/C20H19Cl/c1-20(2,18-8-5-9-19(21)13-18)14-15-10-11-16-6-3-4-7-17(16)12-15/h3-13H,14H2,1-2H3. The smallest absolute Gasteiger partial charge is 0.0408 e. The molecule has 0 nitrogen and oxygen atoms in total. The van der Waals surface area contributed by atoms with Crippen LogP contribution in [0.15, 0.2) is 66.7 Å². The molecule has 21 heavy (non-hydrogen) atoms. The normalized spacial score (nSPS) is 11.8. The Labute approximate surface area is 131 Å². The van der Waals surface area contributed by atoms with Gasteiger partial charge in [0.15, 0.2) is 0 Å². The van der Waals surface area contributed by atoms with Gasteiger partial charge < -0.3 is 0 Å². The quantitative estimate of drug-likeness (QED) is 0.554. The van der Waals surface area contributed by atoms with Crippen molar-refractivity contribution in [1.82, 2.24) is 0 Å². The molecule has 3 aromatic carbocycles. The van der Waals surface area contributed by atoms with Gasteiger partial charge in [0.1, 0.15) is 0 Å². The summed E-state index contributed by atoms with van der Waals surface area (Å²) < 4.78 is 0. The molecule has 0 saturated heterocycles. The maximum atomic E-state index is 6.13. The molecule has 0 atom stereocenters. The molecular formula is C20H19Cl. The van der Waals surface area contributed by atoms with Crippen molar-refractivity contribution in [3.8, 4) is 0 Å². The molecule has 0 saturated carbocycles. The molecule has 0 heterocycles. The number of hydrogen-bond donors (Lipinski definition) is 0. The van der Waals surface area contributed by atoms with E-state index in [9.17, 15) is 0 Å². The predicted octanol–water partition coefficient (Wildman–Crippen LogP) is 6.01. The van der Waals surface area contributed by atoms with Gasteiger partial charge in [-0.15, -0.1) is 0 Å². The van der Waals surface area contributed by atoms with Gasteiger partial charge in [0.05, 0.1) is 0 Å². The number of fused-ring (bicyclic) bond motifs is 1. The lowest BCUT2D eigenvalue weighted by molar-refractivity contribution is 0.523. The third kappa shape index (κ3) is 3.11. The summed E-state index contributed by atoms with van der Waals surface area (Å²) in [5, 5.41) is 3.40. The zero-order valence-electron chi connectivity index (χ0n) is 12.4. The van der Waals surface area contributed by atoms with Gasteiger partial charge in [-0.3, -0.25) is 0 Å². The van der Waals surface area contributed by atoms with E-state index in [1.54, 1.807) is 0 Å². The fourth-order valence-electron chi connectivity index (χ4n) is 2.87. The fraction of sp³-hybridized carbons (Fsp3) is 0.200. The van der Waals surface area contributed by atoms with Gasteiger partial charge >= 0.3 is 0 Å². The third-order valence-corrected chi connectivity index (χ3v) is 4.30. The van der Waals surface area contributed by atoms with E-state index < -0.39 is 0 Å².